The molecule has 2 aromatic rings. The van der Waals surface area contributed by atoms with Gasteiger partial charge in [0.05, 0.1) is 14.1 Å². The fourth-order valence-corrected chi connectivity index (χ4v) is 1.62. The van der Waals surface area contributed by atoms with Crippen molar-refractivity contribution in [2.45, 2.75) is 0 Å². The zero-order valence-corrected chi connectivity index (χ0v) is 9.34. The molecule has 4 heteroatoms. The van der Waals surface area contributed by atoms with Crippen LogP contribution in [0.4, 0.5) is 5.69 Å². The van der Waals surface area contributed by atoms with Gasteiger partial charge in [0.1, 0.15) is 12.4 Å². The number of nitrogens with zero attached hydrogens (tertiary/aromatic N) is 2. The lowest BCUT2D eigenvalue weighted by molar-refractivity contribution is -0.672. The molecule has 0 spiro atoms. The van der Waals surface area contributed by atoms with Gasteiger partial charge in [-0.05, 0) is 12.1 Å². The van der Waals surface area contributed by atoms with Crippen molar-refractivity contribution in [2.75, 3.05) is 5.32 Å². The highest BCUT2D eigenvalue weighted by Gasteiger charge is 2.20. The summed E-state index contributed by atoms with van der Waals surface area (Å²) in [5.74, 6) is 0.505. The second-order valence-electron chi connectivity index (χ2n) is 3.66. The Bertz CT molecular complexity index is 483. The maximum atomic E-state index is 12.0. The van der Waals surface area contributed by atoms with E-state index >= 15 is 0 Å². The van der Waals surface area contributed by atoms with E-state index in [0.29, 0.717) is 5.82 Å². The number of rotatable bonds is 2. The molecule has 1 aromatic carbocycles. The molecular formula is C12H14N3O+. The first-order valence-electron chi connectivity index (χ1n) is 5.06. The van der Waals surface area contributed by atoms with Crippen LogP contribution in [0.15, 0.2) is 42.7 Å². The van der Waals surface area contributed by atoms with Crippen LogP contribution in [0.3, 0.4) is 0 Å². The summed E-state index contributed by atoms with van der Waals surface area (Å²) in [5.41, 5.74) is 0.800. The number of amides is 1. The summed E-state index contributed by atoms with van der Waals surface area (Å²) < 4.78 is 3.58. The molecule has 0 aliphatic rings. The fourth-order valence-electron chi connectivity index (χ4n) is 1.62. The average Bonchev–Trinajstić information content (AvgIpc) is 2.60. The molecule has 0 aliphatic heterocycles. The molecule has 2 rings (SSSR count). The van der Waals surface area contributed by atoms with Crippen molar-refractivity contribution in [1.82, 2.24) is 4.57 Å². The van der Waals surface area contributed by atoms with Crippen LogP contribution in [-0.2, 0) is 14.1 Å². The molecule has 4 nitrogen and oxygen atoms in total. The van der Waals surface area contributed by atoms with Crippen LogP contribution in [0.1, 0.15) is 10.6 Å². The highest BCUT2D eigenvalue weighted by Crippen LogP contribution is 2.06. The van der Waals surface area contributed by atoms with Crippen molar-refractivity contribution >= 4 is 11.6 Å². The SMILES string of the molecule is Cn1cc[n+](C)c1C(=O)Nc1ccccc1. The van der Waals surface area contributed by atoms with Gasteiger partial charge in [-0.3, -0.25) is 4.79 Å². The van der Waals surface area contributed by atoms with E-state index in [1.807, 2.05) is 56.8 Å². The summed E-state index contributed by atoms with van der Waals surface area (Å²) in [4.78, 5) is 12.0. The second-order valence-corrected chi connectivity index (χ2v) is 3.66. The second kappa shape index (κ2) is 4.18. The molecule has 0 saturated carbocycles. The minimum atomic E-state index is -0.110. The van der Waals surface area contributed by atoms with Crippen molar-refractivity contribution in [3.8, 4) is 0 Å². The third kappa shape index (κ3) is 1.95. The third-order valence-corrected chi connectivity index (χ3v) is 2.42. The first-order valence-corrected chi connectivity index (χ1v) is 5.06. The first-order chi connectivity index (χ1) is 7.68. The maximum absolute atomic E-state index is 12.0. The lowest BCUT2D eigenvalue weighted by Crippen LogP contribution is -2.37. The van der Waals surface area contributed by atoms with E-state index < -0.39 is 0 Å². The Balaban J connectivity index is 2.22. The van der Waals surface area contributed by atoms with Gasteiger partial charge in [0, 0.05) is 5.69 Å². The number of anilines is 1. The largest absolute Gasteiger partial charge is 0.347 e. The summed E-state index contributed by atoms with van der Waals surface area (Å²) >= 11 is 0. The molecule has 0 unspecified atom stereocenters. The monoisotopic (exact) mass is 216 g/mol. The fraction of sp³-hybridized carbons (Fsp3) is 0.167. The van der Waals surface area contributed by atoms with Crippen LogP contribution < -0.4 is 9.88 Å². The van der Waals surface area contributed by atoms with E-state index in [-0.39, 0.29) is 5.91 Å². The minimum Gasteiger partial charge on any atom is -0.315 e. The lowest BCUT2D eigenvalue weighted by Gasteiger charge is -2.02. The number of aryl methyl sites for hydroxylation is 2. The number of carbonyl (C=O) groups is 1. The van der Waals surface area contributed by atoms with Crippen molar-refractivity contribution in [2.24, 2.45) is 14.1 Å². The smallest absolute Gasteiger partial charge is 0.315 e. The molecule has 0 bridgehead atoms. The zero-order valence-electron chi connectivity index (χ0n) is 9.34. The predicted octanol–water partition coefficient (Wildman–Crippen LogP) is 1.10. The van der Waals surface area contributed by atoms with Crippen molar-refractivity contribution < 1.29 is 9.36 Å². The molecule has 0 atom stereocenters. The van der Waals surface area contributed by atoms with E-state index in [4.69, 9.17) is 0 Å². The van der Waals surface area contributed by atoms with Crippen LogP contribution in [0, 0.1) is 0 Å². The van der Waals surface area contributed by atoms with Crippen molar-refractivity contribution in [3.05, 3.63) is 48.5 Å². The molecule has 0 saturated heterocycles. The van der Waals surface area contributed by atoms with Gasteiger partial charge in [-0.25, -0.2) is 9.13 Å². The molecule has 1 amide bonds. The Morgan fingerprint density at radius 2 is 2.00 bits per heavy atom. The Morgan fingerprint density at radius 1 is 1.31 bits per heavy atom. The van der Waals surface area contributed by atoms with Crippen molar-refractivity contribution in [3.63, 3.8) is 0 Å². The Kier molecular flexibility index (Phi) is 2.72. The molecule has 0 radical (unpaired) electrons. The summed E-state index contributed by atoms with van der Waals surface area (Å²) in [5, 5.41) is 2.85. The lowest BCUT2D eigenvalue weighted by atomic mass is 10.3. The summed E-state index contributed by atoms with van der Waals surface area (Å²) in [6.45, 7) is 0. The topological polar surface area (TPSA) is 37.9 Å². The molecule has 0 fully saturated rings. The number of para-hydroxylation sites is 1. The van der Waals surface area contributed by atoms with Crippen LogP contribution in [0.5, 0.6) is 0 Å². The standard InChI is InChI=1S/C12H13N3O/c1-14-8-9-15(2)12(14)11(16)13-10-6-4-3-5-7-10/h3-9H,1-2H3/p+1. The Hall–Kier alpha value is -2.10. The van der Waals surface area contributed by atoms with E-state index in [1.165, 1.54) is 0 Å². The number of nitrogens with one attached hydrogen (secondary N) is 1. The van der Waals surface area contributed by atoms with E-state index in [2.05, 4.69) is 5.32 Å². The summed E-state index contributed by atoms with van der Waals surface area (Å²) in [7, 11) is 3.69. The number of benzene rings is 1. The van der Waals surface area contributed by atoms with Crippen LogP contribution >= 0.6 is 0 Å². The van der Waals surface area contributed by atoms with Gasteiger partial charge in [-0.1, -0.05) is 18.2 Å². The van der Waals surface area contributed by atoms with Gasteiger partial charge in [-0.15, -0.1) is 0 Å². The Labute approximate surface area is 94.1 Å². The number of hydrogen-bond donors (Lipinski definition) is 1. The van der Waals surface area contributed by atoms with Gasteiger partial charge >= 0.3 is 11.7 Å². The van der Waals surface area contributed by atoms with E-state index in [9.17, 15) is 4.79 Å². The van der Waals surface area contributed by atoms with Crippen molar-refractivity contribution in [1.29, 1.82) is 0 Å². The number of imidazole rings is 1. The maximum Gasteiger partial charge on any atom is 0.347 e. The summed E-state index contributed by atoms with van der Waals surface area (Å²) in [6, 6.07) is 9.42. The third-order valence-electron chi connectivity index (χ3n) is 2.42. The molecule has 0 aliphatic carbocycles. The van der Waals surface area contributed by atoms with Gasteiger partial charge in [-0.2, -0.15) is 0 Å². The quantitative estimate of drug-likeness (QED) is 0.750. The van der Waals surface area contributed by atoms with Crippen LogP contribution in [0.25, 0.3) is 0 Å². The molecular weight excluding hydrogens is 202 g/mol. The molecule has 1 heterocycles. The van der Waals surface area contributed by atoms with Gasteiger partial charge in [0.25, 0.3) is 0 Å². The molecule has 1 N–H and O–H groups in total. The molecule has 82 valence electrons. The predicted molar refractivity (Wildman–Crippen MR) is 61.0 cm³/mol. The Morgan fingerprint density at radius 3 is 2.56 bits per heavy atom. The van der Waals surface area contributed by atoms with E-state index in [1.54, 1.807) is 9.13 Å². The average molecular weight is 216 g/mol. The highest BCUT2D eigenvalue weighted by molar-refractivity contribution is 6.00. The summed E-state index contributed by atoms with van der Waals surface area (Å²) in [6.07, 6.45) is 3.69. The first kappa shape index (κ1) is 10.4. The highest BCUT2D eigenvalue weighted by atomic mass is 16.2. The molecule has 1 aromatic heterocycles. The zero-order chi connectivity index (χ0) is 11.5. The van der Waals surface area contributed by atoms with E-state index in [0.717, 1.165) is 5.69 Å². The molecule has 16 heavy (non-hydrogen) atoms. The van der Waals surface area contributed by atoms with Gasteiger partial charge in [0.2, 0.25) is 0 Å². The minimum absolute atomic E-state index is 0.110. The van der Waals surface area contributed by atoms with Gasteiger partial charge in [0.15, 0.2) is 0 Å². The normalized spacial score (nSPS) is 10.1. The van der Waals surface area contributed by atoms with Crippen LogP contribution in [0.2, 0.25) is 0 Å². The number of hydrogen-bond acceptors (Lipinski definition) is 1. The number of carbonyl (C=O) groups excluding carboxylic acids is 1. The van der Waals surface area contributed by atoms with Gasteiger partial charge < -0.3 is 5.32 Å². The number of aromatic nitrogens is 2. The van der Waals surface area contributed by atoms with Crippen LogP contribution in [-0.4, -0.2) is 10.5 Å².